The number of likely N-dealkylation sites (tertiary alicyclic amines) is 1. The number of aromatic amines is 2. The van der Waals surface area contributed by atoms with Crippen molar-refractivity contribution in [2.75, 3.05) is 18.0 Å². The zero-order chi connectivity index (χ0) is 25.8. The van der Waals surface area contributed by atoms with Crippen molar-refractivity contribution < 1.29 is 9.53 Å². The number of anilines is 1. The van der Waals surface area contributed by atoms with E-state index in [0.29, 0.717) is 12.1 Å². The van der Waals surface area contributed by atoms with E-state index < -0.39 is 0 Å². The van der Waals surface area contributed by atoms with Crippen molar-refractivity contribution in [2.24, 2.45) is 0 Å². The number of hydrogen-bond donors (Lipinski definition) is 2. The van der Waals surface area contributed by atoms with Crippen molar-refractivity contribution in [1.29, 1.82) is 0 Å². The Morgan fingerprint density at radius 3 is 2.66 bits per heavy atom. The number of H-pyrrole nitrogens is 2. The Morgan fingerprint density at radius 1 is 1.05 bits per heavy atom. The molecule has 5 aromatic rings. The molecule has 0 saturated carbocycles. The third-order valence-electron chi connectivity index (χ3n) is 7.99. The maximum atomic E-state index is 11.9. The van der Waals surface area contributed by atoms with E-state index in [4.69, 9.17) is 9.72 Å². The first-order valence-electron chi connectivity index (χ1n) is 13.1. The molecule has 7 rings (SSSR count). The Kier molecular flexibility index (Phi) is 5.31. The van der Waals surface area contributed by atoms with Gasteiger partial charge < -0.3 is 19.5 Å². The van der Waals surface area contributed by atoms with Gasteiger partial charge in [-0.25, -0.2) is 9.97 Å². The van der Waals surface area contributed by atoms with Gasteiger partial charge in [0.05, 0.1) is 5.52 Å². The van der Waals surface area contributed by atoms with Gasteiger partial charge in [0.25, 0.3) is 0 Å². The Hall–Kier alpha value is -4.40. The number of nitrogens with one attached hydrogen (secondary N) is 2. The molecular weight excluding hydrogens is 478 g/mol. The average Bonchev–Trinajstić information content (AvgIpc) is 3.64. The summed E-state index contributed by atoms with van der Waals surface area (Å²) < 4.78 is 6.37. The predicted octanol–water partition coefficient (Wildman–Crippen LogP) is 4.84. The third-order valence-corrected chi connectivity index (χ3v) is 7.99. The van der Waals surface area contributed by atoms with Crippen LogP contribution in [0.15, 0.2) is 61.1 Å². The molecule has 3 atom stereocenters. The summed E-state index contributed by atoms with van der Waals surface area (Å²) in [7, 11) is 0. The Labute approximate surface area is 219 Å². The van der Waals surface area contributed by atoms with Crippen molar-refractivity contribution in [1.82, 2.24) is 30.0 Å². The van der Waals surface area contributed by atoms with E-state index >= 15 is 0 Å². The standard InChI is InChI=1S/C29H29N7O2/c1-17(23-9-11-30-29-24(23)10-12-31-29)38-22-6-7-26-25(13-22)28(34-33-26)19-3-8-27(32-14-19)36-20-4-5-21(36)16-35(15-20)18(2)37/h3,6-14,17,20-21H,4-5,15-16H2,1-2H3,(H,30,31)(H,33,34). The summed E-state index contributed by atoms with van der Waals surface area (Å²) in [6.45, 7) is 5.26. The normalized spacial score (nSPS) is 19.8. The van der Waals surface area contributed by atoms with E-state index in [1.54, 1.807) is 13.1 Å². The summed E-state index contributed by atoms with van der Waals surface area (Å²) in [6, 6.07) is 14.9. The van der Waals surface area contributed by atoms with Gasteiger partial charge in [0.2, 0.25) is 5.91 Å². The number of benzene rings is 1. The summed E-state index contributed by atoms with van der Waals surface area (Å²) in [4.78, 5) is 28.7. The molecule has 9 nitrogen and oxygen atoms in total. The van der Waals surface area contributed by atoms with Crippen LogP contribution in [0.4, 0.5) is 5.82 Å². The van der Waals surface area contributed by atoms with Gasteiger partial charge in [-0.3, -0.25) is 9.89 Å². The molecule has 1 amide bonds. The SMILES string of the molecule is CC(=O)N1CC2CCC(C1)N2c1ccc(-c2n[nH]c3ccc(OC(C)c4ccnc5[nH]ccc45)cc23)cn1. The Morgan fingerprint density at radius 2 is 1.89 bits per heavy atom. The first kappa shape index (κ1) is 22.8. The highest BCUT2D eigenvalue weighted by Crippen LogP contribution is 2.36. The second kappa shape index (κ2) is 8.86. The largest absolute Gasteiger partial charge is 0.486 e. The van der Waals surface area contributed by atoms with Gasteiger partial charge in [-0.1, -0.05) is 0 Å². The number of nitrogens with zero attached hydrogens (tertiary/aromatic N) is 5. The molecule has 6 heterocycles. The van der Waals surface area contributed by atoms with E-state index in [1.807, 2.05) is 54.5 Å². The van der Waals surface area contributed by atoms with Crippen LogP contribution in [-0.4, -0.2) is 61.1 Å². The van der Waals surface area contributed by atoms with Crippen molar-refractivity contribution >= 4 is 33.7 Å². The fourth-order valence-corrected chi connectivity index (χ4v) is 6.10. The van der Waals surface area contributed by atoms with Gasteiger partial charge in [-0.15, -0.1) is 0 Å². The minimum absolute atomic E-state index is 0.149. The molecule has 192 valence electrons. The van der Waals surface area contributed by atoms with Crippen molar-refractivity contribution in [2.45, 2.75) is 44.9 Å². The molecule has 0 radical (unpaired) electrons. The summed E-state index contributed by atoms with van der Waals surface area (Å²) in [5, 5.41) is 9.79. The maximum absolute atomic E-state index is 11.9. The molecular formula is C29H29N7O2. The Balaban J connectivity index is 1.14. The lowest BCUT2D eigenvalue weighted by Crippen LogP contribution is -2.55. The highest BCUT2D eigenvalue weighted by Gasteiger charge is 2.41. The first-order valence-corrected chi connectivity index (χ1v) is 13.1. The second-order valence-electron chi connectivity index (χ2n) is 10.3. The van der Waals surface area contributed by atoms with Crippen LogP contribution in [0.1, 0.15) is 38.4 Å². The van der Waals surface area contributed by atoms with Crippen LogP contribution in [0.5, 0.6) is 5.75 Å². The number of rotatable bonds is 5. The molecule has 4 aromatic heterocycles. The van der Waals surface area contributed by atoms with E-state index in [-0.39, 0.29) is 12.0 Å². The average molecular weight is 508 g/mol. The lowest BCUT2D eigenvalue weighted by molar-refractivity contribution is -0.129. The monoisotopic (exact) mass is 507 g/mol. The van der Waals surface area contributed by atoms with Crippen molar-refractivity contribution in [3.05, 3.63) is 66.6 Å². The summed E-state index contributed by atoms with van der Waals surface area (Å²) >= 11 is 0. The molecule has 0 spiro atoms. The van der Waals surface area contributed by atoms with Crippen LogP contribution in [-0.2, 0) is 4.79 Å². The topological polar surface area (TPSA) is 103 Å². The minimum atomic E-state index is -0.149. The molecule has 38 heavy (non-hydrogen) atoms. The number of carbonyl (C=O) groups excluding carboxylic acids is 1. The Bertz CT molecular complexity index is 1630. The summed E-state index contributed by atoms with van der Waals surface area (Å²) in [5.74, 6) is 1.90. The zero-order valence-corrected chi connectivity index (χ0v) is 21.4. The number of fused-ring (bicyclic) bond motifs is 4. The number of carbonyl (C=O) groups is 1. The molecule has 2 saturated heterocycles. The minimum Gasteiger partial charge on any atom is -0.486 e. The van der Waals surface area contributed by atoms with Crippen molar-refractivity contribution in [3.63, 3.8) is 0 Å². The number of aromatic nitrogens is 5. The van der Waals surface area contributed by atoms with E-state index in [2.05, 4.69) is 37.2 Å². The molecule has 9 heteroatoms. The van der Waals surface area contributed by atoms with Gasteiger partial charge in [-0.2, -0.15) is 5.10 Å². The molecule has 2 fully saturated rings. The number of hydrogen-bond acceptors (Lipinski definition) is 6. The van der Waals surface area contributed by atoms with Crippen LogP contribution in [0.2, 0.25) is 0 Å². The fourth-order valence-electron chi connectivity index (χ4n) is 6.10. The lowest BCUT2D eigenvalue weighted by Gasteiger charge is -2.41. The molecule has 3 unspecified atom stereocenters. The van der Waals surface area contributed by atoms with Gasteiger partial charge in [0.1, 0.15) is 29.0 Å². The highest BCUT2D eigenvalue weighted by molar-refractivity contribution is 5.93. The molecule has 2 aliphatic heterocycles. The number of ether oxygens (including phenoxy) is 1. The van der Waals surface area contributed by atoms with Gasteiger partial charge in [-0.05, 0) is 62.2 Å². The maximum Gasteiger partial charge on any atom is 0.219 e. The summed E-state index contributed by atoms with van der Waals surface area (Å²) in [6.07, 6.45) is 7.64. The van der Waals surface area contributed by atoms with E-state index in [1.165, 1.54) is 0 Å². The number of piperazine rings is 1. The van der Waals surface area contributed by atoms with E-state index in [0.717, 1.165) is 76.3 Å². The van der Waals surface area contributed by atoms with Crippen LogP contribution in [0.3, 0.4) is 0 Å². The molecule has 2 bridgehead atoms. The second-order valence-corrected chi connectivity index (χ2v) is 10.3. The summed E-state index contributed by atoms with van der Waals surface area (Å²) in [5.41, 5.74) is 4.68. The van der Waals surface area contributed by atoms with Gasteiger partial charge in [0, 0.05) is 72.6 Å². The quantitative estimate of drug-likeness (QED) is 0.353. The van der Waals surface area contributed by atoms with Crippen LogP contribution in [0.25, 0.3) is 33.2 Å². The smallest absolute Gasteiger partial charge is 0.219 e. The van der Waals surface area contributed by atoms with Crippen LogP contribution in [0, 0.1) is 0 Å². The predicted molar refractivity (Wildman–Crippen MR) is 146 cm³/mol. The van der Waals surface area contributed by atoms with Gasteiger partial charge >= 0.3 is 0 Å². The number of pyridine rings is 2. The van der Waals surface area contributed by atoms with Crippen LogP contribution >= 0.6 is 0 Å². The first-order chi connectivity index (χ1) is 18.5. The number of amides is 1. The van der Waals surface area contributed by atoms with Crippen molar-refractivity contribution in [3.8, 4) is 17.0 Å². The molecule has 2 N–H and O–H groups in total. The lowest BCUT2D eigenvalue weighted by atomic mass is 10.1. The molecule has 1 aromatic carbocycles. The highest BCUT2D eigenvalue weighted by atomic mass is 16.5. The van der Waals surface area contributed by atoms with Gasteiger partial charge in [0.15, 0.2) is 0 Å². The van der Waals surface area contributed by atoms with Crippen LogP contribution < -0.4 is 9.64 Å². The van der Waals surface area contributed by atoms with E-state index in [9.17, 15) is 4.79 Å². The fraction of sp³-hybridized carbons (Fsp3) is 0.310. The molecule has 0 aliphatic carbocycles. The third kappa shape index (κ3) is 3.77. The zero-order valence-electron chi connectivity index (χ0n) is 21.4. The molecule has 2 aliphatic rings.